The van der Waals surface area contributed by atoms with Gasteiger partial charge in [-0.2, -0.15) is 0 Å². The van der Waals surface area contributed by atoms with Gasteiger partial charge in [-0.05, 0) is 20.3 Å². The number of carbonyl (C=O) groups excluding carboxylic acids is 1. The number of aromatic nitrogens is 1. The van der Waals surface area contributed by atoms with Gasteiger partial charge in [0.2, 0.25) is 5.91 Å². The van der Waals surface area contributed by atoms with Gasteiger partial charge in [0.05, 0.1) is 5.69 Å². The van der Waals surface area contributed by atoms with E-state index in [0.29, 0.717) is 12.8 Å². The molecule has 1 amide bonds. The van der Waals surface area contributed by atoms with E-state index in [4.69, 9.17) is 0 Å². The maximum absolute atomic E-state index is 11.6. The van der Waals surface area contributed by atoms with E-state index in [1.807, 2.05) is 49.6 Å². The minimum Gasteiger partial charge on any atom is -0.354 e. The molecule has 3 nitrogen and oxygen atoms in total. The molecule has 2 aromatic rings. The maximum Gasteiger partial charge on any atom is 0.220 e. The summed E-state index contributed by atoms with van der Waals surface area (Å²) in [5.74, 6) is 0.0873. The lowest BCUT2D eigenvalue weighted by atomic mass is 10.2. The molecule has 100 valence electrons. The monoisotopic (exact) mass is 274 g/mol. The van der Waals surface area contributed by atoms with Crippen LogP contribution >= 0.6 is 11.3 Å². The molecule has 0 aliphatic rings. The van der Waals surface area contributed by atoms with Crippen LogP contribution < -0.4 is 5.32 Å². The Kier molecular flexibility index (Phi) is 4.68. The second kappa shape index (κ2) is 6.48. The quantitative estimate of drug-likeness (QED) is 0.909. The lowest BCUT2D eigenvalue weighted by Gasteiger charge is -2.06. The van der Waals surface area contributed by atoms with Gasteiger partial charge in [-0.15, -0.1) is 11.3 Å². The van der Waals surface area contributed by atoms with Crippen molar-refractivity contribution in [1.29, 1.82) is 0 Å². The summed E-state index contributed by atoms with van der Waals surface area (Å²) in [5, 5.41) is 5.93. The van der Waals surface area contributed by atoms with Crippen LogP contribution in [0.3, 0.4) is 0 Å². The number of hydrogen-bond acceptors (Lipinski definition) is 3. The Labute approximate surface area is 117 Å². The Morgan fingerprint density at radius 2 is 2.05 bits per heavy atom. The van der Waals surface area contributed by atoms with Crippen molar-refractivity contribution in [2.24, 2.45) is 0 Å². The molecular weight excluding hydrogens is 256 g/mol. The van der Waals surface area contributed by atoms with Crippen LogP contribution in [0.1, 0.15) is 26.0 Å². The van der Waals surface area contributed by atoms with Crippen LogP contribution in [0.5, 0.6) is 0 Å². The van der Waals surface area contributed by atoms with Crippen LogP contribution in [-0.4, -0.2) is 16.9 Å². The molecule has 19 heavy (non-hydrogen) atoms. The van der Waals surface area contributed by atoms with Crippen LogP contribution in [0, 0.1) is 0 Å². The average Bonchev–Trinajstić information content (AvgIpc) is 2.85. The lowest BCUT2D eigenvalue weighted by Crippen LogP contribution is -2.30. The highest BCUT2D eigenvalue weighted by atomic mass is 32.1. The van der Waals surface area contributed by atoms with Crippen molar-refractivity contribution in [2.75, 3.05) is 0 Å². The summed E-state index contributed by atoms with van der Waals surface area (Å²) in [5.41, 5.74) is 2.12. The summed E-state index contributed by atoms with van der Waals surface area (Å²) < 4.78 is 0. The Morgan fingerprint density at radius 1 is 1.32 bits per heavy atom. The third-order valence-electron chi connectivity index (χ3n) is 2.63. The van der Waals surface area contributed by atoms with Crippen molar-refractivity contribution in [3.63, 3.8) is 0 Å². The zero-order valence-corrected chi connectivity index (χ0v) is 12.0. The van der Waals surface area contributed by atoms with Gasteiger partial charge in [-0.25, -0.2) is 4.98 Å². The van der Waals surface area contributed by atoms with E-state index in [2.05, 4.69) is 10.3 Å². The first-order valence-electron chi connectivity index (χ1n) is 6.44. The van der Waals surface area contributed by atoms with Gasteiger partial charge < -0.3 is 5.32 Å². The molecule has 0 spiro atoms. The molecule has 0 unspecified atom stereocenters. The first kappa shape index (κ1) is 13.7. The molecule has 1 heterocycles. The number of thiazole rings is 1. The van der Waals surface area contributed by atoms with Crippen molar-refractivity contribution in [1.82, 2.24) is 10.3 Å². The smallest absolute Gasteiger partial charge is 0.220 e. The third-order valence-corrected chi connectivity index (χ3v) is 3.57. The minimum atomic E-state index is 0.0873. The molecule has 4 heteroatoms. The fourth-order valence-electron chi connectivity index (χ4n) is 1.77. The zero-order valence-electron chi connectivity index (χ0n) is 11.2. The van der Waals surface area contributed by atoms with Crippen molar-refractivity contribution in [3.05, 3.63) is 41.4 Å². The molecule has 0 fully saturated rings. The van der Waals surface area contributed by atoms with Gasteiger partial charge in [0, 0.05) is 23.4 Å². The second-order valence-electron chi connectivity index (χ2n) is 4.73. The summed E-state index contributed by atoms with van der Waals surface area (Å²) in [7, 11) is 0. The molecule has 0 bridgehead atoms. The van der Waals surface area contributed by atoms with E-state index in [0.717, 1.165) is 16.3 Å². The molecule has 1 N–H and O–H groups in total. The molecule has 2 rings (SSSR count). The van der Waals surface area contributed by atoms with Crippen molar-refractivity contribution in [2.45, 2.75) is 32.7 Å². The van der Waals surface area contributed by atoms with Gasteiger partial charge in [0.1, 0.15) is 5.01 Å². The number of benzene rings is 1. The molecule has 0 aliphatic heterocycles. The SMILES string of the molecule is CC(C)NC(=O)CCc1csc(-c2ccccc2)n1. The van der Waals surface area contributed by atoms with Crippen LogP contribution in [-0.2, 0) is 11.2 Å². The summed E-state index contributed by atoms with van der Waals surface area (Å²) in [6.45, 7) is 3.93. The van der Waals surface area contributed by atoms with Gasteiger partial charge in [-0.1, -0.05) is 30.3 Å². The molecule has 0 saturated heterocycles. The number of hydrogen-bond donors (Lipinski definition) is 1. The van der Waals surface area contributed by atoms with Crippen LogP contribution in [0.25, 0.3) is 10.6 Å². The van der Waals surface area contributed by atoms with Crippen molar-refractivity contribution in [3.8, 4) is 10.6 Å². The van der Waals surface area contributed by atoms with E-state index in [1.54, 1.807) is 11.3 Å². The van der Waals surface area contributed by atoms with Crippen LogP contribution in [0.15, 0.2) is 35.7 Å². The number of nitrogens with one attached hydrogen (secondary N) is 1. The Morgan fingerprint density at radius 3 is 2.74 bits per heavy atom. The number of nitrogens with zero attached hydrogens (tertiary/aromatic N) is 1. The topological polar surface area (TPSA) is 42.0 Å². The fourth-order valence-corrected chi connectivity index (χ4v) is 2.63. The lowest BCUT2D eigenvalue weighted by molar-refractivity contribution is -0.121. The highest BCUT2D eigenvalue weighted by molar-refractivity contribution is 7.13. The van der Waals surface area contributed by atoms with Crippen LogP contribution in [0.2, 0.25) is 0 Å². The Hall–Kier alpha value is -1.68. The van der Waals surface area contributed by atoms with Crippen molar-refractivity contribution < 1.29 is 4.79 Å². The normalized spacial score (nSPS) is 10.7. The summed E-state index contributed by atoms with van der Waals surface area (Å²) >= 11 is 1.63. The number of aryl methyl sites for hydroxylation is 1. The Bertz CT molecular complexity index is 534. The molecule has 0 aliphatic carbocycles. The number of amides is 1. The predicted molar refractivity (Wildman–Crippen MR) is 79.1 cm³/mol. The summed E-state index contributed by atoms with van der Waals surface area (Å²) in [6, 6.07) is 10.3. The maximum atomic E-state index is 11.6. The van der Waals surface area contributed by atoms with Gasteiger partial charge >= 0.3 is 0 Å². The average molecular weight is 274 g/mol. The minimum absolute atomic E-state index is 0.0873. The Balaban J connectivity index is 1.93. The first-order chi connectivity index (χ1) is 9.15. The number of rotatable bonds is 5. The van der Waals surface area contributed by atoms with E-state index < -0.39 is 0 Å². The second-order valence-corrected chi connectivity index (χ2v) is 5.59. The molecule has 0 saturated carbocycles. The highest BCUT2D eigenvalue weighted by Crippen LogP contribution is 2.23. The van der Waals surface area contributed by atoms with E-state index >= 15 is 0 Å². The summed E-state index contributed by atoms with van der Waals surface area (Å²) in [6.07, 6.45) is 1.19. The molecule has 1 aromatic carbocycles. The highest BCUT2D eigenvalue weighted by Gasteiger charge is 2.07. The number of carbonyl (C=O) groups is 1. The van der Waals surface area contributed by atoms with E-state index in [9.17, 15) is 4.79 Å². The van der Waals surface area contributed by atoms with Crippen molar-refractivity contribution >= 4 is 17.2 Å². The van der Waals surface area contributed by atoms with Gasteiger partial charge in [0.25, 0.3) is 0 Å². The van der Waals surface area contributed by atoms with Gasteiger partial charge in [-0.3, -0.25) is 4.79 Å². The molecule has 0 radical (unpaired) electrons. The van der Waals surface area contributed by atoms with Gasteiger partial charge in [0.15, 0.2) is 0 Å². The predicted octanol–water partition coefficient (Wildman–Crippen LogP) is 3.27. The third kappa shape index (κ3) is 4.17. The standard InChI is InChI=1S/C15H18N2OS/c1-11(2)16-14(18)9-8-13-10-19-15(17-13)12-6-4-3-5-7-12/h3-7,10-11H,8-9H2,1-2H3,(H,16,18). The van der Waals surface area contributed by atoms with E-state index in [-0.39, 0.29) is 11.9 Å². The van der Waals surface area contributed by atoms with Crippen LogP contribution in [0.4, 0.5) is 0 Å². The molecule has 0 atom stereocenters. The fraction of sp³-hybridized carbons (Fsp3) is 0.333. The zero-order chi connectivity index (χ0) is 13.7. The molecular formula is C15H18N2OS. The van der Waals surface area contributed by atoms with E-state index in [1.165, 1.54) is 0 Å². The largest absolute Gasteiger partial charge is 0.354 e. The first-order valence-corrected chi connectivity index (χ1v) is 7.32. The summed E-state index contributed by atoms with van der Waals surface area (Å²) in [4.78, 5) is 16.1. The molecule has 1 aromatic heterocycles.